The predicted molar refractivity (Wildman–Crippen MR) is 110 cm³/mol. The van der Waals surface area contributed by atoms with Crippen LogP contribution in [0.4, 0.5) is 5.69 Å². The maximum Gasteiger partial charge on any atom is 0.255 e. The smallest absolute Gasteiger partial charge is 0.255 e. The molecule has 9 heteroatoms. The van der Waals surface area contributed by atoms with E-state index in [2.05, 4.69) is 22.6 Å². The monoisotopic (exact) mass is 413 g/mol. The van der Waals surface area contributed by atoms with E-state index in [1.54, 1.807) is 6.07 Å². The number of carbonyl (C=O) groups is 4. The quantitative estimate of drug-likeness (QED) is 0.675. The van der Waals surface area contributed by atoms with Crippen LogP contribution in [-0.2, 0) is 20.9 Å². The van der Waals surface area contributed by atoms with E-state index in [1.807, 2.05) is 24.0 Å². The first-order valence-corrected chi connectivity index (χ1v) is 10.3. The van der Waals surface area contributed by atoms with Gasteiger partial charge in [-0.1, -0.05) is 6.07 Å². The van der Waals surface area contributed by atoms with Crippen LogP contribution in [0.1, 0.15) is 35.7 Å². The zero-order valence-corrected chi connectivity index (χ0v) is 17.3. The van der Waals surface area contributed by atoms with Crippen LogP contribution in [0.2, 0.25) is 0 Å². The van der Waals surface area contributed by atoms with E-state index in [0.717, 1.165) is 18.7 Å². The molecule has 3 heterocycles. The zero-order valence-electron chi connectivity index (χ0n) is 17.3. The molecule has 2 atom stereocenters. The van der Waals surface area contributed by atoms with Crippen LogP contribution in [0, 0.1) is 0 Å². The average molecular weight is 413 g/mol. The minimum Gasteiger partial charge on any atom is -0.376 e. The molecule has 3 aliphatic heterocycles. The summed E-state index contributed by atoms with van der Waals surface area (Å²) in [4.78, 5) is 54.6. The van der Waals surface area contributed by atoms with Gasteiger partial charge in [-0.3, -0.25) is 24.5 Å². The van der Waals surface area contributed by atoms with Crippen molar-refractivity contribution in [2.24, 2.45) is 0 Å². The molecule has 30 heavy (non-hydrogen) atoms. The second kappa shape index (κ2) is 8.06. The van der Waals surface area contributed by atoms with Crippen LogP contribution < -0.4 is 10.6 Å². The highest BCUT2D eigenvalue weighted by atomic mass is 16.2. The summed E-state index contributed by atoms with van der Waals surface area (Å²) in [5.41, 5.74) is 2.07. The van der Waals surface area contributed by atoms with E-state index in [1.165, 1.54) is 4.90 Å². The largest absolute Gasteiger partial charge is 0.376 e. The maximum atomic E-state index is 12.9. The van der Waals surface area contributed by atoms with E-state index >= 15 is 0 Å². The predicted octanol–water partition coefficient (Wildman–Crippen LogP) is 0.0220. The molecule has 9 nitrogen and oxygen atoms in total. The van der Waals surface area contributed by atoms with Gasteiger partial charge in [0.1, 0.15) is 6.04 Å². The number of hydrogen-bond acceptors (Lipinski definition) is 6. The zero-order chi connectivity index (χ0) is 21.4. The molecule has 2 saturated heterocycles. The molecule has 0 bridgehead atoms. The Labute approximate surface area is 175 Å². The lowest BCUT2D eigenvalue weighted by Gasteiger charge is -2.38. The molecule has 0 spiro atoms. The van der Waals surface area contributed by atoms with Crippen LogP contribution in [0.15, 0.2) is 18.2 Å². The van der Waals surface area contributed by atoms with Crippen molar-refractivity contribution in [2.45, 2.75) is 38.4 Å². The van der Waals surface area contributed by atoms with Gasteiger partial charge in [0.2, 0.25) is 17.7 Å². The normalized spacial score (nSPS) is 24.7. The minimum atomic E-state index is -0.626. The lowest BCUT2D eigenvalue weighted by molar-refractivity contribution is -0.137. The van der Waals surface area contributed by atoms with E-state index in [4.69, 9.17) is 0 Å². The van der Waals surface area contributed by atoms with Crippen molar-refractivity contribution in [3.63, 3.8) is 0 Å². The highest BCUT2D eigenvalue weighted by molar-refractivity contribution is 6.05. The van der Waals surface area contributed by atoms with E-state index in [-0.39, 0.29) is 36.7 Å². The van der Waals surface area contributed by atoms with Crippen LogP contribution in [0.5, 0.6) is 0 Å². The summed E-state index contributed by atoms with van der Waals surface area (Å²) in [6.07, 6.45) is 0.573. The lowest BCUT2D eigenvalue weighted by atomic mass is 10.0. The number of carbonyl (C=O) groups excluding carboxylic acids is 4. The molecular formula is C21H27N5O4. The first-order chi connectivity index (χ1) is 14.3. The molecule has 0 radical (unpaired) electrons. The summed E-state index contributed by atoms with van der Waals surface area (Å²) in [7, 11) is 2.05. The number of amides is 4. The third-order valence-corrected chi connectivity index (χ3v) is 6.12. The van der Waals surface area contributed by atoms with Gasteiger partial charge < -0.3 is 20.0 Å². The summed E-state index contributed by atoms with van der Waals surface area (Å²) < 4.78 is 0. The second-order valence-corrected chi connectivity index (χ2v) is 8.32. The number of piperidine rings is 1. The number of anilines is 1. The molecule has 0 aromatic heterocycles. The molecular weight excluding hydrogens is 386 g/mol. The van der Waals surface area contributed by atoms with Crippen LogP contribution in [0.3, 0.4) is 0 Å². The fourth-order valence-corrected chi connectivity index (χ4v) is 4.45. The Hall–Kier alpha value is -2.94. The number of nitrogens with zero attached hydrogens (tertiary/aromatic N) is 3. The van der Waals surface area contributed by atoms with Gasteiger partial charge >= 0.3 is 0 Å². The van der Waals surface area contributed by atoms with E-state index in [9.17, 15) is 19.2 Å². The van der Waals surface area contributed by atoms with Crippen molar-refractivity contribution < 1.29 is 19.2 Å². The number of nitrogens with one attached hydrogen (secondary N) is 2. The molecule has 4 rings (SSSR count). The molecule has 0 aliphatic carbocycles. The molecule has 1 aromatic carbocycles. The van der Waals surface area contributed by atoms with E-state index < -0.39 is 11.9 Å². The standard InChI is InChI=1S/C21H27N5O4/c1-13-11-24(2)7-8-25(13)19(28)10-22-15-4-3-14-12-26(21(30)16(14)9-15)17-5-6-18(27)23-20(17)29/h3-4,9,13,17,22H,5-8,10-12H2,1-2H3,(H,23,27,29). The Kier molecular flexibility index (Phi) is 5.46. The summed E-state index contributed by atoms with van der Waals surface area (Å²) in [5, 5.41) is 5.44. The van der Waals surface area contributed by atoms with Crippen molar-refractivity contribution in [1.29, 1.82) is 0 Å². The average Bonchev–Trinajstić information content (AvgIpc) is 3.02. The van der Waals surface area contributed by atoms with Crippen molar-refractivity contribution in [3.8, 4) is 0 Å². The Morgan fingerprint density at radius 2 is 2.03 bits per heavy atom. The summed E-state index contributed by atoms with van der Waals surface area (Å²) in [6.45, 7) is 4.98. The number of rotatable bonds is 4. The topological polar surface area (TPSA) is 102 Å². The van der Waals surface area contributed by atoms with Crippen LogP contribution >= 0.6 is 0 Å². The van der Waals surface area contributed by atoms with E-state index in [0.29, 0.717) is 30.8 Å². The Morgan fingerprint density at radius 3 is 2.77 bits per heavy atom. The van der Waals surface area contributed by atoms with Crippen molar-refractivity contribution in [2.75, 3.05) is 38.5 Å². The van der Waals surface area contributed by atoms with Crippen molar-refractivity contribution in [1.82, 2.24) is 20.0 Å². The Bertz CT molecular complexity index is 901. The fraction of sp³-hybridized carbons (Fsp3) is 0.524. The number of likely N-dealkylation sites (N-methyl/N-ethyl adjacent to an activating group) is 1. The molecule has 2 fully saturated rings. The van der Waals surface area contributed by atoms with Crippen LogP contribution in [0.25, 0.3) is 0 Å². The SMILES string of the molecule is CC1CN(C)CCN1C(=O)CNc1ccc2c(c1)C(=O)N(C1CCC(=O)NC1=O)C2. The first kappa shape index (κ1) is 20.3. The number of piperazine rings is 1. The highest BCUT2D eigenvalue weighted by Gasteiger charge is 2.39. The van der Waals surface area contributed by atoms with Gasteiger partial charge in [-0.2, -0.15) is 0 Å². The fourth-order valence-electron chi connectivity index (χ4n) is 4.45. The molecule has 160 valence electrons. The second-order valence-electron chi connectivity index (χ2n) is 8.32. The molecule has 0 saturated carbocycles. The Balaban J connectivity index is 1.39. The summed E-state index contributed by atoms with van der Waals surface area (Å²) in [5.74, 6) is -0.904. The Morgan fingerprint density at radius 1 is 1.23 bits per heavy atom. The van der Waals surface area contributed by atoms with Gasteiger partial charge in [0.05, 0.1) is 6.54 Å². The van der Waals surface area contributed by atoms with Gasteiger partial charge in [0.15, 0.2) is 0 Å². The summed E-state index contributed by atoms with van der Waals surface area (Å²) >= 11 is 0. The molecule has 2 N–H and O–H groups in total. The van der Waals surface area contributed by atoms with Crippen LogP contribution in [-0.4, -0.2) is 83.6 Å². The van der Waals surface area contributed by atoms with Gasteiger partial charge in [-0.15, -0.1) is 0 Å². The van der Waals surface area contributed by atoms with Gasteiger partial charge in [0, 0.05) is 49.9 Å². The minimum absolute atomic E-state index is 0.0348. The third kappa shape index (κ3) is 3.89. The number of imide groups is 1. The summed E-state index contributed by atoms with van der Waals surface area (Å²) in [6, 6.07) is 4.98. The first-order valence-electron chi connectivity index (χ1n) is 10.3. The highest BCUT2D eigenvalue weighted by Crippen LogP contribution is 2.29. The maximum absolute atomic E-state index is 12.9. The van der Waals surface area contributed by atoms with Crippen molar-refractivity contribution >= 4 is 29.3 Å². The molecule has 4 amide bonds. The molecule has 3 aliphatic rings. The molecule has 1 aromatic rings. The number of hydrogen-bond donors (Lipinski definition) is 2. The number of benzene rings is 1. The molecule has 2 unspecified atom stereocenters. The van der Waals surface area contributed by atoms with Gasteiger partial charge in [-0.25, -0.2) is 0 Å². The van der Waals surface area contributed by atoms with Gasteiger partial charge in [-0.05, 0) is 38.1 Å². The van der Waals surface area contributed by atoms with Crippen molar-refractivity contribution in [3.05, 3.63) is 29.3 Å². The number of fused-ring (bicyclic) bond motifs is 1. The van der Waals surface area contributed by atoms with Gasteiger partial charge in [0.25, 0.3) is 5.91 Å². The third-order valence-electron chi connectivity index (χ3n) is 6.12. The lowest BCUT2D eigenvalue weighted by Crippen LogP contribution is -2.54.